The maximum Gasteiger partial charge on any atom is 0.272 e. The van der Waals surface area contributed by atoms with Gasteiger partial charge in [-0.2, -0.15) is 5.10 Å². The monoisotopic (exact) mass is 350 g/mol. The molecule has 0 aliphatic rings. The van der Waals surface area contributed by atoms with Crippen LogP contribution in [0.1, 0.15) is 27.3 Å². The fourth-order valence-corrected chi connectivity index (χ4v) is 2.83. The van der Waals surface area contributed by atoms with Crippen molar-refractivity contribution in [1.82, 2.24) is 9.78 Å². The zero-order chi connectivity index (χ0) is 18.8. The first-order valence-corrected chi connectivity index (χ1v) is 8.06. The molecule has 0 bridgehead atoms. The van der Waals surface area contributed by atoms with E-state index in [1.807, 2.05) is 44.2 Å². The molecule has 132 valence electrons. The number of carbonyl (C=O) groups is 1. The fourth-order valence-electron chi connectivity index (χ4n) is 2.83. The number of aromatic nitrogens is 2. The van der Waals surface area contributed by atoms with E-state index in [4.69, 9.17) is 0 Å². The summed E-state index contributed by atoms with van der Waals surface area (Å²) in [5, 5.41) is 18.3. The SMILES string of the molecule is Cc1cc(C(=O)Nc2c(C)nn(-c3ccccc3)c2C)ccc1[N+](=O)[O-]. The molecule has 26 heavy (non-hydrogen) atoms. The Bertz CT molecular complexity index is 994. The minimum atomic E-state index is -0.463. The molecule has 0 fully saturated rings. The van der Waals surface area contributed by atoms with Gasteiger partial charge in [0, 0.05) is 17.2 Å². The molecule has 0 spiro atoms. The summed E-state index contributed by atoms with van der Waals surface area (Å²) in [4.78, 5) is 23.0. The zero-order valence-corrected chi connectivity index (χ0v) is 14.7. The van der Waals surface area contributed by atoms with Crippen molar-refractivity contribution in [3.8, 4) is 5.69 Å². The summed E-state index contributed by atoms with van der Waals surface area (Å²) >= 11 is 0. The van der Waals surface area contributed by atoms with Crippen molar-refractivity contribution < 1.29 is 9.72 Å². The van der Waals surface area contributed by atoms with Crippen LogP contribution in [-0.2, 0) is 0 Å². The largest absolute Gasteiger partial charge is 0.319 e. The molecular formula is C19H18N4O3. The highest BCUT2D eigenvalue weighted by Gasteiger charge is 2.18. The Labute approximate surface area is 150 Å². The Kier molecular flexibility index (Phi) is 4.53. The van der Waals surface area contributed by atoms with Gasteiger partial charge in [-0.3, -0.25) is 14.9 Å². The summed E-state index contributed by atoms with van der Waals surface area (Å²) in [7, 11) is 0. The van der Waals surface area contributed by atoms with E-state index in [-0.39, 0.29) is 11.6 Å². The van der Waals surface area contributed by atoms with E-state index < -0.39 is 4.92 Å². The lowest BCUT2D eigenvalue weighted by Crippen LogP contribution is -2.13. The number of nitrogens with one attached hydrogen (secondary N) is 1. The molecule has 3 rings (SSSR count). The van der Waals surface area contributed by atoms with Crippen molar-refractivity contribution in [3.05, 3.63) is 81.2 Å². The Morgan fingerprint density at radius 1 is 1.12 bits per heavy atom. The molecular weight excluding hydrogens is 332 g/mol. The fraction of sp³-hybridized carbons (Fsp3) is 0.158. The summed E-state index contributed by atoms with van der Waals surface area (Å²) in [6.45, 7) is 5.31. The minimum Gasteiger partial charge on any atom is -0.319 e. The Morgan fingerprint density at radius 2 is 1.81 bits per heavy atom. The molecule has 0 atom stereocenters. The van der Waals surface area contributed by atoms with E-state index in [9.17, 15) is 14.9 Å². The van der Waals surface area contributed by atoms with Gasteiger partial charge in [-0.25, -0.2) is 4.68 Å². The molecule has 1 aromatic heterocycles. The quantitative estimate of drug-likeness (QED) is 0.570. The summed E-state index contributed by atoms with van der Waals surface area (Å²) in [5.74, 6) is -0.332. The van der Waals surface area contributed by atoms with Crippen molar-refractivity contribution >= 4 is 17.3 Å². The third kappa shape index (κ3) is 3.19. The molecule has 1 N–H and O–H groups in total. The van der Waals surface area contributed by atoms with Crippen molar-refractivity contribution in [3.63, 3.8) is 0 Å². The number of aryl methyl sites for hydroxylation is 2. The van der Waals surface area contributed by atoms with Gasteiger partial charge in [0.2, 0.25) is 0 Å². The maximum absolute atomic E-state index is 12.6. The number of carbonyl (C=O) groups excluding carboxylic acids is 1. The minimum absolute atomic E-state index is 0.00851. The van der Waals surface area contributed by atoms with Crippen LogP contribution in [-0.4, -0.2) is 20.6 Å². The van der Waals surface area contributed by atoms with Gasteiger partial charge in [0.15, 0.2) is 0 Å². The molecule has 0 saturated carbocycles. The predicted molar refractivity (Wildman–Crippen MR) is 98.8 cm³/mol. The van der Waals surface area contributed by atoms with Crippen LogP contribution < -0.4 is 5.32 Å². The number of nitrogens with zero attached hydrogens (tertiary/aromatic N) is 3. The van der Waals surface area contributed by atoms with Gasteiger partial charge >= 0.3 is 0 Å². The van der Waals surface area contributed by atoms with Crippen LogP contribution in [0.4, 0.5) is 11.4 Å². The van der Waals surface area contributed by atoms with Gasteiger partial charge < -0.3 is 5.32 Å². The van der Waals surface area contributed by atoms with Crippen molar-refractivity contribution in [2.75, 3.05) is 5.32 Å². The number of para-hydroxylation sites is 1. The molecule has 1 amide bonds. The van der Waals surface area contributed by atoms with Gasteiger partial charge in [0.1, 0.15) is 0 Å². The summed E-state index contributed by atoms with van der Waals surface area (Å²) in [6, 6.07) is 13.9. The van der Waals surface area contributed by atoms with Crippen LogP contribution in [0, 0.1) is 30.9 Å². The number of hydrogen-bond acceptors (Lipinski definition) is 4. The van der Waals surface area contributed by atoms with Gasteiger partial charge in [0.25, 0.3) is 11.6 Å². The van der Waals surface area contributed by atoms with Crippen LogP contribution in [0.25, 0.3) is 5.69 Å². The van der Waals surface area contributed by atoms with Crippen LogP contribution >= 0.6 is 0 Å². The standard InChI is InChI=1S/C19H18N4O3/c1-12-11-15(9-10-17(12)23(25)26)19(24)20-18-13(2)21-22(14(18)3)16-7-5-4-6-8-16/h4-11H,1-3H3,(H,20,24). The average Bonchev–Trinajstić information content (AvgIpc) is 2.90. The van der Waals surface area contributed by atoms with Crippen LogP contribution in [0.3, 0.4) is 0 Å². The van der Waals surface area contributed by atoms with Gasteiger partial charge in [0.05, 0.1) is 27.7 Å². The van der Waals surface area contributed by atoms with Gasteiger partial charge in [-0.05, 0) is 45.0 Å². The number of nitro benzene ring substituents is 1. The Hall–Kier alpha value is -3.48. The van der Waals surface area contributed by atoms with E-state index in [0.29, 0.717) is 22.5 Å². The topological polar surface area (TPSA) is 90.1 Å². The second kappa shape index (κ2) is 6.79. The first-order chi connectivity index (χ1) is 12.4. The van der Waals surface area contributed by atoms with E-state index in [0.717, 1.165) is 11.4 Å². The smallest absolute Gasteiger partial charge is 0.272 e. The third-order valence-electron chi connectivity index (χ3n) is 4.19. The average molecular weight is 350 g/mol. The van der Waals surface area contributed by atoms with Crippen LogP contribution in [0.5, 0.6) is 0 Å². The number of benzene rings is 2. The van der Waals surface area contributed by atoms with E-state index in [2.05, 4.69) is 10.4 Å². The summed E-state index contributed by atoms with van der Waals surface area (Å²) in [6.07, 6.45) is 0. The first kappa shape index (κ1) is 17.3. The number of anilines is 1. The lowest BCUT2D eigenvalue weighted by Gasteiger charge is -2.08. The van der Waals surface area contributed by atoms with Crippen LogP contribution in [0.15, 0.2) is 48.5 Å². The lowest BCUT2D eigenvalue weighted by atomic mass is 10.1. The zero-order valence-electron chi connectivity index (χ0n) is 14.7. The number of rotatable bonds is 4. The molecule has 0 saturated heterocycles. The molecule has 0 radical (unpaired) electrons. The van der Waals surface area contributed by atoms with Crippen molar-refractivity contribution in [2.24, 2.45) is 0 Å². The molecule has 0 aliphatic carbocycles. The highest BCUT2D eigenvalue weighted by Crippen LogP contribution is 2.24. The molecule has 2 aromatic carbocycles. The highest BCUT2D eigenvalue weighted by atomic mass is 16.6. The second-order valence-corrected chi connectivity index (χ2v) is 6.01. The van der Waals surface area contributed by atoms with E-state index >= 15 is 0 Å². The Balaban J connectivity index is 1.90. The predicted octanol–water partition coefficient (Wildman–Crippen LogP) is 3.96. The Morgan fingerprint density at radius 3 is 2.42 bits per heavy atom. The molecule has 3 aromatic rings. The molecule has 7 nitrogen and oxygen atoms in total. The number of hydrogen-bond donors (Lipinski definition) is 1. The normalized spacial score (nSPS) is 10.6. The highest BCUT2D eigenvalue weighted by molar-refractivity contribution is 6.05. The molecule has 0 unspecified atom stereocenters. The molecule has 0 aliphatic heterocycles. The first-order valence-electron chi connectivity index (χ1n) is 8.06. The third-order valence-corrected chi connectivity index (χ3v) is 4.19. The van der Waals surface area contributed by atoms with Crippen molar-refractivity contribution in [1.29, 1.82) is 0 Å². The van der Waals surface area contributed by atoms with Gasteiger partial charge in [-0.15, -0.1) is 0 Å². The summed E-state index contributed by atoms with van der Waals surface area (Å²) in [5.41, 5.74) is 3.83. The molecule has 7 heteroatoms. The second-order valence-electron chi connectivity index (χ2n) is 6.01. The van der Waals surface area contributed by atoms with E-state index in [1.165, 1.54) is 18.2 Å². The summed E-state index contributed by atoms with van der Waals surface area (Å²) < 4.78 is 1.77. The molecule has 1 heterocycles. The van der Waals surface area contributed by atoms with Crippen molar-refractivity contribution in [2.45, 2.75) is 20.8 Å². The number of amides is 1. The number of nitro groups is 1. The maximum atomic E-state index is 12.6. The van der Waals surface area contributed by atoms with E-state index in [1.54, 1.807) is 11.6 Å². The van der Waals surface area contributed by atoms with Gasteiger partial charge in [-0.1, -0.05) is 18.2 Å². The van der Waals surface area contributed by atoms with Crippen LogP contribution in [0.2, 0.25) is 0 Å². The lowest BCUT2D eigenvalue weighted by molar-refractivity contribution is -0.385.